The van der Waals surface area contributed by atoms with E-state index in [0.717, 1.165) is 46.8 Å². The van der Waals surface area contributed by atoms with Gasteiger partial charge in [0.15, 0.2) is 0 Å². The van der Waals surface area contributed by atoms with Crippen LogP contribution in [0.3, 0.4) is 0 Å². The predicted molar refractivity (Wildman–Crippen MR) is 97.1 cm³/mol. The van der Waals surface area contributed by atoms with Crippen LogP contribution in [0.1, 0.15) is 33.1 Å². The highest BCUT2D eigenvalue weighted by atomic mass is 16.5. The first kappa shape index (κ1) is 16.3. The summed E-state index contributed by atoms with van der Waals surface area (Å²) >= 11 is 0. The molecule has 1 atom stereocenters. The molecule has 2 aromatic rings. The standard InChI is InChI=1S/C19H24N4O/c1-3-4-11-24-17-8-6-13(2)5-7-16-18(17)14(12-22-16)15-9-10-21-19(20)23-15/h6-10,12-13,22H,3-5,11H2,1-2H3,(H2,20,21,23)/b8-6-,16-7-,18-17+. The minimum absolute atomic E-state index is 0.273. The fourth-order valence-corrected chi connectivity index (χ4v) is 2.76. The van der Waals surface area contributed by atoms with Crippen molar-refractivity contribution in [2.75, 3.05) is 12.3 Å². The Morgan fingerprint density at radius 3 is 3.08 bits per heavy atom. The van der Waals surface area contributed by atoms with Crippen LogP contribution in [0.5, 0.6) is 0 Å². The lowest BCUT2D eigenvalue weighted by atomic mass is 10.0. The van der Waals surface area contributed by atoms with Crippen LogP contribution in [0, 0.1) is 5.92 Å². The lowest BCUT2D eigenvalue weighted by Gasteiger charge is -2.10. The minimum atomic E-state index is 0.273. The molecule has 5 heteroatoms. The van der Waals surface area contributed by atoms with Gasteiger partial charge in [-0.3, -0.25) is 0 Å². The quantitative estimate of drug-likeness (QED) is 0.828. The van der Waals surface area contributed by atoms with Crippen molar-refractivity contribution in [3.63, 3.8) is 0 Å². The number of allylic oxidation sites excluding steroid dienone is 1. The fraction of sp³-hybridized carbons (Fsp3) is 0.368. The van der Waals surface area contributed by atoms with Gasteiger partial charge in [-0.05, 0) is 30.9 Å². The van der Waals surface area contributed by atoms with E-state index in [-0.39, 0.29) is 5.95 Å². The molecule has 0 bridgehead atoms. The van der Waals surface area contributed by atoms with E-state index in [1.807, 2.05) is 12.3 Å². The Hall–Kier alpha value is -2.56. The molecule has 5 nitrogen and oxygen atoms in total. The number of rotatable bonds is 5. The summed E-state index contributed by atoms with van der Waals surface area (Å²) in [7, 11) is 0. The largest absolute Gasteiger partial charge is 0.493 e. The molecule has 126 valence electrons. The number of aromatic amines is 1. The molecule has 0 spiro atoms. The van der Waals surface area contributed by atoms with Gasteiger partial charge in [0.25, 0.3) is 0 Å². The summed E-state index contributed by atoms with van der Waals surface area (Å²) in [5, 5.41) is 2.12. The molecule has 1 unspecified atom stereocenters. The molecule has 0 aliphatic heterocycles. The van der Waals surface area contributed by atoms with Crippen LogP contribution in [0.15, 0.2) is 30.6 Å². The zero-order valence-electron chi connectivity index (χ0n) is 14.2. The Balaban J connectivity index is 2.18. The third-order valence-electron chi connectivity index (χ3n) is 4.13. The van der Waals surface area contributed by atoms with Crippen molar-refractivity contribution in [2.45, 2.75) is 33.1 Å². The number of fused-ring (bicyclic) bond motifs is 1. The minimum Gasteiger partial charge on any atom is -0.493 e. The van der Waals surface area contributed by atoms with Gasteiger partial charge in [0.1, 0.15) is 5.76 Å². The Labute approximate surface area is 142 Å². The second-order valence-electron chi connectivity index (χ2n) is 6.13. The average Bonchev–Trinajstić information content (AvgIpc) is 2.98. The lowest BCUT2D eigenvalue weighted by molar-refractivity contribution is 0.270. The number of nitrogens with one attached hydrogen (secondary N) is 1. The number of H-pyrrole nitrogens is 1. The van der Waals surface area contributed by atoms with E-state index in [0.29, 0.717) is 12.5 Å². The number of nitrogen functional groups attached to an aromatic ring is 1. The summed E-state index contributed by atoms with van der Waals surface area (Å²) in [5.74, 6) is 1.63. The smallest absolute Gasteiger partial charge is 0.220 e. The molecule has 0 fully saturated rings. The van der Waals surface area contributed by atoms with Crippen molar-refractivity contribution in [1.82, 2.24) is 15.0 Å². The van der Waals surface area contributed by atoms with Crippen molar-refractivity contribution < 1.29 is 4.74 Å². The van der Waals surface area contributed by atoms with Crippen LogP contribution >= 0.6 is 0 Å². The van der Waals surface area contributed by atoms with Crippen LogP contribution in [-0.4, -0.2) is 21.6 Å². The number of nitrogens with zero attached hydrogens (tertiary/aromatic N) is 2. The third-order valence-corrected chi connectivity index (χ3v) is 4.13. The summed E-state index contributed by atoms with van der Waals surface area (Å²) in [6.07, 6.45) is 13.3. The Kier molecular flexibility index (Phi) is 4.99. The lowest BCUT2D eigenvalue weighted by Crippen LogP contribution is -2.28. The van der Waals surface area contributed by atoms with E-state index in [9.17, 15) is 0 Å². The van der Waals surface area contributed by atoms with Gasteiger partial charge in [-0.15, -0.1) is 0 Å². The van der Waals surface area contributed by atoms with Crippen LogP contribution in [0.2, 0.25) is 0 Å². The number of hydrogen-bond acceptors (Lipinski definition) is 4. The first-order valence-electron chi connectivity index (χ1n) is 8.50. The molecular formula is C19H24N4O. The van der Waals surface area contributed by atoms with Crippen LogP contribution in [0.4, 0.5) is 5.95 Å². The summed E-state index contributed by atoms with van der Waals surface area (Å²) < 4.78 is 6.10. The molecule has 1 aliphatic rings. The molecular weight excluding hydrogens is 300 g/mol. The summed E-state index contributed by atoms with van der Waals surface area (Å²) in [5.41, 5.74) is 7.54. The molecule has 3 rings (SSSR count). The molecule has 0 saturated heterocycles. The van der Waals surface area contributed by atoms with Crippen LogP contribution in [-0.2, 0) is 4.74 Å². The second-order valence-corrected chi connectivity index (χ2v) is 6.13. The second kappa shape index (κ2) is 7.34. The Morgan fingerprint density at radius 2 is 2.29 bits per heavy atom. The fourth-order valence-electron chi connectivity index (χ4n) is 2.76. The predicted octanol–water partition coefficient (Wildman–Crippen LogP) is 2.36. The van der Waals surface area contributed by atoms with E-state index >= 15 is 0 Å². The zero-order chi connectivity index (χ0) is 16.9. The molecule has 0 amide bonds. The van der Waals surface area contributed by atoms with Crippen LogP contribution in [0.25, 0.3) is 23.1 Å². The molecule has 24 heavy (non-hydrogen) atoms. The Morgan fingerprint density at radius 1 is 1.42 bits per heavy atom. The average molecular weight is 324 g/mol. The highest BCUT2D eigenvalue weighted by Crippen LogP contribution is 2.15. The normalized spacial score (nSPS) is 21.9. The number of hydrogen-bond donors (Lipinski definition) is 2. The van der Waals surface area contributed by atoms with Gasteiger partial charge in [0.05, 0.1) is 17.5 Å². The third kappa shape index (κ3) is 3.50. The maximum Gasteiger partial charge on any atom is 0.220 e. The summed E-state index contributed by atoms with van der Waals surface area (Å²) in [4.78, 5) is 11.7. The molecule has 3 N–H and O–H groups in total. The number of nitrogens with two attached hydrogens (primary N) is 1. The first-order chi connectivity index (χ1) is 11.7. The maximum atomic E-state index is 6.10. The summed E-state index contributed by atoms with van der Waals surface area (Å²) in [6, 6.07) is 1.87. The van der Waals surface area contributed by atoms with Gasteiger partial charge in [-0.25, -0.2) is 9.97 Å². The van der Waals surface area contributed by atoms with Crippen molar-refractivity contribution in [3.8, 4) is 11.3 Å². The van der Waals surface area contributed by atoms with E-state index in [4.69, 9.17) is 10.5 Å². The van der Waals surface area contributed by atoms with Gasteiger partial charge in [0, 0.05) is 23.3 Å². The van der Waals surface area contributed by atoms with Gasteiger partial charge >= 0.3 is 0 Å². The number of unbranched alkanes of at least 4 members (excludes halogenated alkanes) is 1. The Bertz CT molecular complexity index is 850. The molecule has 0 aromatic carbocycles. The molecule has 0 radical (unpaired) electrons. The van der Waals surface area contributed by atoms with Crippen molar-refractivity contribution >= 4 is 17.8 Å². The van der Waals surface area contributed by atoms with Gasteiger partial charge in [-0.1, -0.05) is 32.4 Å². The van der Waals surface area contributed by atoms with Gasteiger partial charge < -0.3 is 15.5 Å². The molecule has 2 aromatic heterocycles. The van der Waals surface area contributed by atoms with Gasteiger partial charge in [-0.2, -0.15) is 0 Å². The maximum absolute atomic E-state index is 6.10. The van der Waals surface area contributed by atoms with E-state index in [1.54, 1.807) is 6.20 Å². The van der Waals surface area contributed by atoms with Crippen molar-refractivity contribution in [1.29, 1.82) is 0 Å². The SMILES string of the molecule is CCCCOC1=c2\c(-c3ccnc(N)n3)c[nH]\c2=C/CC(C)/C=C\1. The number of anilines is 1. The first-order valence-corrected chi connectivity index (χ1v) is 8.50. The highest BCUT2D eigenvalue weighted by molar-refractivity contribution is 5.67. The molecule has 2 heterocycles. The van der Waals surface area contributed by atoms with Gasteiger partial charge in [0.2, 0.25) is 5.95 Å². The molecule has 0 saturated carbocycles. The van der Waals surface area contributed by atoms with E-state index in [1.165, 1.54) is 0 Å². The zero-order valence-corrected chi connectivity index (χ0v) is 14.2. The molecule has 1 aliphatic carbocycles. The number of aromatic nitrogens is 3. The van der Waals surface area contributed by atoms with E-state index < -0.39 is 0 Å². The topological polar surface area (TPSA) is 76.8 Å². The number of ether oxygens (including phenoxy) is 1. The summed E-state index contributed by atoms with van der Waals surface area (Å²) in [6.45, 7) is 5.08. The highest BCUT2D eigenvalue weighted by Gasteiger charge is 2.12. The monoisotopic (exact) mass is 324 g/mol. The van der Waals surface area contributed by atoms with E-state index in [2.05, 4.69) is 47.0 Å². The van der Waals surface area contributed by atoms with Crippen molar-refractivity contribution in [2.24, 2.45) is 5.92 Å². The van der Waals surface area contributed by atoms with Crippen LogP contribution < -0.4 is 16.3 Å². The van der Waals surface area contributed by atoms with Crippen molar-refractivity contribution in [3.05, 3.63) is 41.2 Å².